The van der Waals surface area contributed by atoms with Crippen molar-refractivity contribution >= 4 is 5.91 Å². The number of aliphatic hydroxyl groups is 2. The Bertz CT molecular complexity index is 875. The van der Waals surface area contributed by atoms with E-state index in [4.69, 9.17) is 15.2 Å². The molecule has 8 nitrogen and oxygen atoms in total. The van der Waals surface area contributed by atoms with Gasteiger partial charge in [-0.15, -0.1) is 0 Å². The molecule has 2 heterocycles. The number of ether oxygens (including phenoxy) is 2. The van der Waals surface area contributed by atoms with Crippen molar-refractivity contribution in [2.24, 2.45) is 11.7 Å². The maximum absolute atomic E-state index is 12.6. The monoisotopic (exact) mass is 417 g/mol. The van der Waals surface area contributed by atoms with Gasteiger partial charge in [-0.1, -0.05) is 6.07 Å². The molecule has 164 valence electrons. The zero-order chi connectivity index (χ0) is 21.3. The van der Waals surface area contributed by atoms with E-state index >= 15 is 0 Å². The maximum Gasteiger partial charge on any atom is 0.259 e. The van der Waals surface area contributed by atoms with Crippen LogP contribution in [0.1, 0.15) is 42.9 Å². The van der Waals surface area contributed by atoms with Gasteiger partial charge in [-0.3, -0.25) is 9.69 Å². The van der Waals surface area contributed by atoms with Crippen LogP contribution in [0, 0.1) is 5.92 Å². The Morgan fingerprint density at radius 3 is 2.83 bits per heavy atom. The maximum atomic E-state index is 12.6. The molecular formula is C22H31N3O5. The quantitative estimate of drug-likeness (QED) is 0.495. The second kappa shape index (κ2) is 6.82. The van der Waals surface area contributed by atoms with Crippen LogP contribution in [0.15, 0.2) is 12.1 Å². The normalized spacial score (nSPS) is 36.9. The van der Waals surface area contributed by atoms with Crippen molar-refractivity contribution < 1.29 is 24.5 Å². The Balaban J connectivity index is 1.75. The standard InChI is InChI=1S/C22H31N3O5/c1-24-9-7-22(28)18-16(26)13-5-6-14(29-2)17-15(13)21(22,19(30-17)20(23)27)8-10-25(18)11-12-3-4-12/h5-6,12,16,18-19,24,26,28H,3-4,7-11H2,1-2H3,(H2,23,27)/t16-,18-,19+,21+,22-/m0/s1. The highest BCUT2D eigenvalue weighted by Gasteiger charge is 2.73. The minimum Gasteiger partial charge on any atom is -0.493 e. The lowest BCUT2D eigenvalue weighted by Crippen LogP contribution is -2.76. The lowest BCUT2D eigenvalue weighted by Gasteiger charge is -2.62. The average molecular weight is 418 g/mol. The summed E-state index contributed by atoms with van der Waals surface area (Å²) >= 11 is 0. The molecule has 1 spiro atoms. The molecule has 4 aliphatic rings. The Labute approximate surface area is 176 Å². The first kappa shape index (κ1) is 20.1. The lowest BCUT2D eigenvalue weighted by molar-refractivity contribution is -0.199. The smallest absolute Gasteiger partial charge is 0.259 e. The first-order chi connectivity index (χ1) is 14.4. The number of piperidine rings is 1. The summed E-state index contributed by atoms with van der Waals surface area (Å²) in [5.41, 5.74) is 4.84. The third kappa shape index (κ3) is 2.45. The van der Waals surface area contributed by atoms with E-state index in [0.717, 1.165) is 6.54 Å². The number of carbonyl (C=O) groups is 1. The third-order valence-electron chi connectivity index (χ3n) is 7.77. The summed E-state index contributed by atoms with van der Waals surface area (Å²) in [4.78, 5) is 14.9. The molecule has 1 aromatic rings. The number of likely N-dealkylation sites (tertiary alicyclic amines) is 1. The van der Waals surface area contributed by atoms with E-state index < -0.39 is 35.2 Å². The van der Waals surface area contributed by atoms with Crippen molar-refractivity contribution in [2.75, 3.05) is 33.8 Å². The van der Waals surface area contributed by atoms with Crippen LogP contribution in [0.2, 0.25) is 0 Å². The van der Waals surface area contributed by atoms with E-state index in [1.165, 1.54) is 12.8 Å². The van der Waals surface area contributed by atoms with Crippen LogP contribution in [0.3, 0.4) is 0 Å². The molecule has 2 aliphatic carbocycles. The summed E-state index contributed by atoms with van der Waals surface area (Å²) in [5, 5.41) is 27.1. The predicted octanol–water partition coefficient (Wildman–Crippen LogP) is 0.0512. The number of hydrogen-bond donors (Lipinski definition) is 4. The zero-order valence-corrected chi connectivity index (χ0v) is 17.6. The van der Waals surface area contributed by atoms with Gasteiger partial charge in [0, 0.05) is 12.1 Å². The number of benzene rings is 1. The molecule has 2 fully saturated rings. The second-order valence-corrected chi connectivity index (χ2v) is 9.29. The van der Waals surface area contributed by atoms with Crippen molar-refractivity contribution in [3.63, 3.8) is 0 Å². The Morgan fingerprint density at radius 1 is 1.43 bits per heavy atom. The van der Waals surface area contributed by atoms with Gasteiger partial charge in [-0.05, 0) is 63.4 Å². The highest BCUT2D eigenvalue weighted by atomic mass is 16.5. The lowest BCUT2D eigenvalue weighted by atomic mass is 9.51. The molecule has 0 aromatic heterocycles. The molecule has 5 N–H and O–H groups in total. The van der Waals surface area contributed by atoms with Gasteiger partial charge in [0.2, 0.25) is 0 Å². The molecule has 2 aliphatic heterocycles. The number of fused-ring (bicyclic) bond motifs is 1. The van der Waals surface area contributed by atoms with E-state index in [9.17, 15) is 15.0 Å². The summed E-state index contributed by atoms with van der Waals surface area (Å²) in [6.07, 6.45) is 1.37. The van der Waals surface area contributed by atoms with E-state index in [-0.39, 0.29) is 0 Å². The van der Waals surface area contributed by atoms with Crippen LogP contribution in [0.5, 0.6) is 11.5 Å². The number of rotatable bonds is 7. The second-order valence-electron chi connectivity index (χ2n) is 9.29. The average Bonchev–Trinajstić information content (AvgIpc) is 3.46. The first-order valence-corrected chi connectivity index (χ1v) is 10.9. The minimum atomic E-state index is -1.38. The Kier molecular flexibility index (Phi) is 4.56. The van der Waals surface area contributed by atoms with Gasteiger partial charge in [0.1, 0.15) is 0 Å². The number of nitrogens with zero attached hydrogens (tertiary/aromatic N) is 1. The number of carbonyl (C=O) groups excluding carboxylic acids is 1. The van der Waals surface area contributed by atoms with Gasteiger partial charge < -0.3 is 30.7 Å². The van der Waals surface area contributed by atoms with E-state index in [0.29, 0.717) is 54.5 Å². The summed E-state index contributed by atoms with van der Waals surface area (Å²) in [5.74, 6) is 0.918. The number of nitrogens with one attached hydrogen (secondary N) is 1. The van der Waals surface area contributed by atoms with Gasteiger partial charge in [0.15, 0.2) is 17.6 Å². The van der Waals surface area contributed by atoms with E-state index in [1.54, 1.807) is 13.2 Å². The molecule has 0 radical (unpaired) electrons. The van der Waals surface area contributed by atoms with Gasteiger partial charge in [0.25, 0.3) is 5.91 Å². The van der Waals surface area contributed by atoms with Crippen molar-refractivity contribution in [1.82, 2.24) is 10.2 Å². The van der Waals surface area contributed by atoms with Gasteiger partial charge in [0.05, 0.1) is 30.3 Å². The summed E-state index contributed by atoms with van der Waals surface area (Å²) in [7, 11) is 3.37. The van der Waals surface area contributed by atoms with Crippen molar-refractivity contribution in [3.8, 4) is 11.5 Å². The molecule has 1 saturated carbocycles. The molecule has 2 bridgehead atoms. The fraction of sp³-hybridized carbons (Fsp3) is 0.682. The third-order valence-corrected chi connectivity index (χ3v) is 7.77. The van der Waals surface area contributed by atoms with E-state index in [1.807, 2.05) is 13.1 Å². The van der Waals surface area contributed by atoms with Gasteiger partial charge in [-0.25, -0.2) is 0 Å². The van der Waals surface area contributed by atoms with Gasteiger partial charge in [-0.2, -0.15) is 0 Å². The fourth-order valence-electron chi connectivity index (χ4n) is 6.31. The molecule has 1 saturated heterocycles. The van der Waals surface area contributed by atoms with Crippen LogP contribution in [-0.2, 0) is 10.2 Å². The molecule has 0 unspecified atom stereocenters. The summed E-state index contributed by atoms with van der Waals surface area (Å²) in [6, 6.07) is 3.07. The molecular weight excluding hydrogens is 386 g/mol. The number of hydrogen-bond acceptors (Lipinski definition) is 7. The zero-order valence-electron chi connectivity index (χ0n) is 17.6. The highest BCUT2D eigenvalue weighted by molar-refractivity contribution is 5.85. The number of aliphatic hydroxyl groups excluding tert-OH is 1. The number of nitrogens with two attached hydrogens (primary N) is 1. The van der Waals surface area contributed by atoms with Crippen LogP contribution in [0.4, 0.5) is 0 Å². The SMILES string of the molecule is CNCC[C@]1(O)[C@@H]2[C@@H](O)c3ccc(OC)c4c3[C@]1(CCN2CC1CC1)[C@@H](C(N)=O)O4. The largest absolute Gasteiger partial charge is 0.493 e. The molecule has 30 heavy (non-hydrogen) atoms. The van der Waals surface area contributed by atoms with Crippen molar-refractivity contribution in [2.45, 2.75) is 54.9 Å². The predicted molar refractivity (Wildman–Crippen MR) is 109 cm³/mol. The number of methoxy groups -OCH3 is 1. The number of amides is 1. The topological polar surface area (TPSA) is 117 Å². The summed E-state index contributed by atoms with van der Waals surface area (Å²) < 4.78 is 11.6. The Hall–Kier alpha value is -1.87. The van der Waals surface area contributed by atoms with Crippen LogP contribution < -0.4 is 20.5 Å². The summed E-state index contributed by atoms with van der Waals surface area (Å²) in [6.45, 7) is 2.06. The van der Waals surface area contributed by atoms with Gasteiger partial charge >= 0.3 is 0 Å². The molecule has 1 amide bonds. The van der Waals surface area contributed by atoms with Crippen LogP contribution >= 0.6 is 0 Å². The van der Waals surface area contributed by atoms with E-state index in [2.05, 4.69) is 10.2 Å². The Morgan fingerprint density at radius 2 is 2.20 bits per heavy atom. The number of primary amides is 1. The van der Waals surface area contributed by atoms with Crippen molar-refractivity contribution in [3.05, 3.63) is 23.3 Å². The minimum absolute atomic E-state index is 0.371. The fourth-order valence-corrected chi connectivity index (χ4v) is 6.31. The van der Waals surface area contributed by atoms with Crippen LogP contribution in [-0.4, -0.2) is 72.6 Å². The molecule has 5 atom stereocenters. The molecule has 1 aromatic carbocycles. The highest BCUT2D eigenvalue weighted by Crippen LogP contribution is 2.65. The van der Waals surface area contributed by atoms with Crippen LogP contribution in [0.25, 0.3) is 0 Å². The molecule has 8 heteroatoms. The first-order valence-electron chi connectivity index (χ1n) is 10.9. The van der Waals surface area contributed by atoms with Crippen molar-refractivity contribution in [1.29, 1.82) is 0 Å². The molecule has 5 rings (SSSR count).